The summed E-state index contributed by atoms with van der Waals surface area (Å²) in [6, 6.07) is 26.0. The van der Waals surface area contributed by atoms with Crippen molar-refractivity contribution < 1.29 is 19.4 Å². The molecule has 0 saturated carbocycles. The van der Waals surface area contributed by atoms with Gasteiger partial charge in [-0.05, 0) is 53.3 Å². The molecule has 0 heterocycles. The van der Waals surface area contributed by atoms with Crippen LogP contribution in [0.2, 0.25) is 0 Å². The van der Waals surface area contributed by atoms with Gasteiger partial charge < -0.3 is 14.6 Å². The maximum atomic E-state index is 11.2. The molecular weight excluding hydrogens is 436 g/mol. The molecule has 0 aromatic heterocycles. The largest absolute Gasteiger partial charge is 0.493 e. The summed E-state index contributed by atoms with van der Waals surface area (Å²) in [4.78, 5) is 11.2. The van der Waals surface area contributed by atoms with Gasteiger partial charge in [-0.1, -0.05) is 81.3 Å². The third-order valence-electron chi connectivity index (χ3n) is 5.85. The van der Waals surface area contributed by atoms with Crippen LogP contribution in [0.4, 0.5) is 0 Å². The summed E-state index contributed by atoms with van der Waals surface area (Å²) < 4.78 is 12.3. The van der Waals surface area contributed by atoms with Crippen LogP contribution in [0, 0.1) is 11.8 Å². The Balaban J connectivity index is 1.69. The molecule has 0 radical (unpaired) electrons. The topological polar surface area (TPSA) is 55.8 Å². The van der Waals surface area contributed by atoms with E-state index in [1.54, 1.807) is 6.92 Å². The van der Waals surface area contributed by atoms with Crippen LogP contribution in [-0.4, -0.2) is 24.3 Å². The Morgan fingerprint density at radius 1 is 0.857 bits per heavy atom. The van der Waals surface area contributed by atoms with Crippen molar-refractivity contribution in [3.63, 3.8) is 0 Å². The summed E-state index contributed by atoms with van der Waals surface area (Å²) in [5, 5.41) is 9.16. The summed E-state index contributed by atoms with van der Waals surface area (Å²) in [6.45, 7) is 9.24. The molecular formula is C31H34O4. The standard InChI is InChI=1S/C31H34O4/c1-5-10-25(19-30(32)33)24-15-17-28(18-16-24)34-21-26(23-11-7-6-8-12-23)22-35-29-14-9-13-27(20-29)31(2,3)4/h6-9,11-18,20,25-26H,19,21-22H2,1-4H3,(H,32,33). The highest BCUT2D eigenvalue weighted by Gasteiger charge is 2.17. The van der Waals surface area contributed by atoms with Gasteiger partial charge in [0.25, 0.3) is 0 Å². The predicted molar refractivity (Wildman–Crippen MR) is 140 cm³/mol. The normalized spacial score (nSPS) is 12.7. The second kappa shape index (κ2) is 12.1. The van der Waals surface area contributed by atoms with Crippen LogP contribution >= 0.6 is 0 Å². The fourth-order valence-corrected chi connectivity index (χ4v) is 3.81. The zero-order chi connectivity index (χ0) is 25.3. The Kier molecular flexibility index (Phi) is 8.98. The highest BCUT2D eigenvalue weighted by Crippen LogP contribution is 2.27. The fraction of sp³-hybridized carbons (Fsp3) is 0.323. The van der Waals surface area contributed by atoms with Crippen molar-refractivity contribution >= 4 is 5.97 Å². The Bertz CT molecular complexity index is 1150. The molecule has 0 saturated heterocycles. The number of hydrogen-bond donors (Lipinski definition) is 1. The number of aliphatic carboxylic acids is 1. The third kappa shape index (κ3) is 7.93. The lowest BCUT2D eigenvalue weighted by molar-refractivity contribution is -0.137. The molecule has 0 spiro atoms. The number of carboxylic acid groups (broad SMARTS) is 1. The van der Waals surface area contributed by atoms with E-state index in [0.29, 0.717) is 13.2 Å². The average molecular weight is 471 g/mol. The van der Waals surface area contributed by atoms with Crippen LogP contribution in [0.5, 0.6) is 11.5 Å². The molecule has 0 aliphatic rings. The van der Waals surface area contributed by atoms with E-state index in [4.69, 9.17) is 14.6 Å². The van der Waals surface area contributed by atoms with Gasteiger partial charge in [-0.25, -0.2) is 0 Å². The second-order valence-electron chi connectivity index (χ2n) is 9.62. The first kappa shape index (κ1) is 25.9. The van der Waals surface area contributed by atoms with Gasteiger partial charge in [0, 0.05) is 0 Å². The summed E-state index contributed by atoms with van der Waals surface area (Å²) >= 11 is 0. The predicted octanol–water partition coefficient (Wildman–Crippen LogP) is 6.81. The Morgan fingerprint density at radius 3 is 2.11 bits per heavy atom. The number of carbonyl (C=O) groups is 1. The SMILES string of the molecule is CC#CC(CC(=O)O)c1ccc(OCC(COc2cccc(C(C)(C)C)c2)c2ccccc2)cc1. The van der Waals surface area contributed by atoms with Crippen molar-refractivity contribution in [3.8, 4) is 23.3 Å². The van der Waals surface area contributed by atoms with E-state index in [0.717, 1.165) is 22.6 Å². The number of hydrogen-bond acceptors (Lipinski definition) is 3. The number of rotatable bonds is 10. The average Bonchev–Trinajstić information content (AvgIpc) is 2.84. The molecule has 3 rings (SSSR count). The van der Waals surface area contributed by atoms with E-state index in [-0.39, 0.29) is 23.7 Å². The van der Waals surface area contributed by atoms with Crippen molar-refractivity contribution in [1.29, 1.82) is 0 Å². The van der Waals surface area contributed by atoms with E-state index in [1.807, 2.05) is 54.6 Å². The van der Waals surface area contributed by atoms with Gasteiger partial charge in [0.2, 0.25) is 0 Å². The third-order valence-corrected chi connectivity index (χ3v) is 5.85. The zero-order valence-electron chi connectivity index (χ0n) is 21.0. The molecule has 2 atom stereocenters. The molecule has 0 aliphatic heterocycles. The molecule has 0 bridgehead atoms. The quantitative estimate of drug-likeness (QED) is 0.331. The number of ether oxygens (including phenoxy) is 2. The number of carboxylic acids is 1. The molecule has 1 N–H and O–H groups in total. The van der Waals surface area contributed by atoms with Gasteiger partial charge in [-0.2, -0.15) is 0 Å². The van der Waals surface area contributed by atoms with Crippen LogP contribution in [0.25, 0.3) is 0 Å². The van der Waals surface area contributed by atoms with Crippen molar-refractivity contribution in [2.75, 3.05) is 13.2 Å². The first-order valence-electron chi connectivity index (χ1n) is 11.9. The summed E-state index contributed by atoms with van der Waals surface area (Å²) in [5.74, 6) is 6.22. The highest BCUT2D eigenvalue weighted by atomic mass is 16.5. The summed E-state index contributed by atoms with van der Waals surface area (Å²) in [5.41, 5.74) is 3.31. The van der Waals surface area contributed by atoms with E-state index in [2.05, 4.69) is 56.9 Å². The van der Waals surface area contributed by atoms with Gasteiger partial charge in [-0.15, -0.1) is 5.92 Å². The molecule has 4 heteroatoms. The maximum Gasteiger partial charge on any atom is 0.304 e. The molecule has 182 valence electrons. The van der Waals surface area contributed by atoms with Crippen LogP contribution in [0.3, 0.4) is 0 Å². The molecule has 3 aromatic carbocycles. The molecule has 0 fully saturated rings. The minimum absolute atomic E-state index is 0.0229. The molecule has 2 unspecified atom stereocenters. The summed E-state index contributed by atoms with van der Waals surface area (Å²) in [6.07, 6.45) is -0.0229. The second-order valence-corrected chi connectivity index (χ2v) is 9.62. The lowest BCUT2D eigenvalue weighted by atomic mass is 9.87. The van der Waals surface area contributed by atoms with Crippen LogP contribution in [-0.2, 0) is 10.2 Å². The number of benzene rings is 3. The Hall–Kier alpha value is -3.71. The van der Waals surface area contributed by atoms with E-state index in [9.17, 15) is 4.79 Å². The van der Waals surface area contributed by atoms with E-state index in [1.165, 1.54) is 5.56 Å². The molecule has 0 aliphatic carbocycles. The minimum atomic E-state index is -0.864. The van der Waals surface area contributed by atoms with Gasteiger partial charge in [-0.3, -0.25) is 4.79 Å². The Labute approximate surface area is 208 Å². The van der Waals surface area contributed by atoms with E-state index < -0.39 is 5.97 Å². The Morgan fingerprint density at radius 2 is 1.51 bits per heavy atom. The van der Waals surface area contributed by atoms with Gasteiger partial charge in [0.05, 0.1) is 31.5 Å². The van der Waals surface area contributed by atoms with Crippen molar-refractivity contribution in [1.82, 2.24) is 0 Å². The van der Waals surface area contributed by atoms with Crippen molar-refractivity contribution in [2.24, 2.45) is 0 Å². The fourth-order valence-electron chi connectivity index (χ4n) is 3.81. The molecule has 3 aromatic rings. The molecule has 35 heavy (non-hydrogen) atoms. The van der Waals surface area contributed by atoms with Gasteiger partial charge in [0.15, 0.2) is 0 Å². The first-order valence-corrected chi connectivity index (χ1v) is 11.9. The zero-order valence-corrected chi connectivity index (χ0v) is 21.0. The van der Waals surface area contributed by atoms with Gasteiger partial charge >= 0.3 is 5.97 Å². The van der Waals surface area contributed by atoms with Crippen LogP contribution in [0.1, 0.15) is 62.6 Å². The lowest BCUT2D eigenvalue weighted by Crippen LogP contribution is -2.18. The van der Waals surface area contributed by atoms with Crippen molar-refractivity contribution in [2.45, 2.75) is 51.4 Å². The van der Waals surface area contributed by atoms with E-state index >= 15 is 0 Å². The molecule has 0 amide bonds. The highest BCUT2D eigenvalue weighted by molar-refractivity contribution is 5.69. The van der Waals surface area contributed by atoms with Crippen LogP contribution in [0.15, 0.2) is 78.9 Å². The monoisotopic (exact) mass is 470 g/mol. The van der Waals surface area contributed by atoms with Crippen LogP contribution < -0.4 is 9.47 Å². The first-order chi connectivity index (χ1) is 16.8. The van der Waals surface area contributed by atoms with Gasteiger partial charge in [0.1, 0.15) is 11.5 Å². The minimum Gasteiger partial charge on any atom is -0.493 e. The smallest absolute Gasteiger partial charge is 0.304 e. The molecule has 4 nitrogen and oxygen atoms in total. The summed E-state index contributed by atoms with van der Waals surface area (Å²) in [7, 11) is 0. The lowest BCUT2D eigenvalue weighted by Gasteiger charge is -2.22. The maximum absolute atomic E-state index is 11.2. The van der Waals surface area contributed by atoms with Crippen molar-refractivity contribution in [3.05, 3.63) is 95.6 Å².